The van der Waals surface area contributed by atoms with Gasteiger partial charge in [-0.15, -0.1) is 0 Å². The Hall–Kier alpha value is -4.06. The SMILES string of the molecule is CCc1ccc(NCc2cc3ccc(OC)cc3n(CC(=O)Nc3ccccc3)c2=O)cc1. The Morgan fingerprint density at radius 1 is 0.939 bits per heavy atom. The molecule has 0 spiro atoms. The van der Waals surface area contributed by atoms with Crippen molar-refractivity contribution < 1.29 is 9.53 Å². The van der Waals surface area contributed by atoms with Crippen molar-refractivity contribution in [1.29, 1.82) is 0 Å². The molecule has 2 N–H and O–H groups in total. The highest BCUT2D eigenvalue weighted by Gasteiger charge is 2.14. The van der Waals surface area contributed by atoms with E-state index in [0.717, 1.165) is 17.5 Å². The second-order valence-electron chi connectivity index (χ2n) is 7.80. The van der Waals surface area contributed by atoms with Gasteiger partial charge in [-0.3, -0.25) is 14.2 Å². The van der Waals surface area contributed by atoms with Gasteiger partial charge in [0, 0.05) is 29.5 Å². The number of amides is 1. The number of ether oxygens (including phenoxy) is 1. The molecule has 0 bridgehead atoms. The van der Waals surface area contributed by atoms with Gasteiger partial charge in [-0.1, -0.05) is 37.3 Å². The zero-order valence-electron chi connectivity index (χ0n) is 18.8. The summed E-state index contributed by atoms with van der Waals surface area (Å²) in [5.74, 6) is 0.355. The maximum atomic E-state index is 13.4. The van der Waals surface area contributed by atoms with E-state index in [-0.39, 0.29) is 18.0 Å². The maximum Gasteiger partial charge on any atom is 0.256 e. The van der Waals surface area contributed by atoms with Crippen LogP contribution in [0.15, 0.2) is 83.7 Å². The summed E-state index contributed by atoms with van der Waals surface area (Å²) in [5, 5.41) is 7.04. The minimum atomic E-state index is -0.271. The van der Waals surface area contributed by atoms with Crippen molar-refractivity contribution in [1.82, 2.24) is 4.57 Å². The van der Waals surface area contributed by atoms with Crippen LogP contribution in [-0.4, -0.2) is 17.6 Å². The van der Waals surface area contributed by atoms with Crippen molar-refractivity contribution >= 4 is 28.2 Å². The van der Waals surface area contributed by atoms with Crippen molar-refractivity contribution in [2.24, 2.45) is 0 Å². The minimum absolute atomic E-state index is 0.101. The van der Waals surface area contributed by atoms with E-state index in [0.29, 0.717) is 29.1 Å². The summed E-state index contributed by atoms with van der Waals surface area (Å²) in [5.41, 5.74) is 3.91. The second kappa shape index (κ2) is 10.0. The number of hydrogen-bond acceptors (Lipinski definition) is 4. The molecule has 168 valence electrons. The smallest absolute Gasteiger partial charge is 0.256 e. The van der Waals surface area contributed by atoms with Crippen LogP contribution in [0.2, 0.25) is 0 Å². The molecular weight excluding hydrogens is 414 g/mol. The van der Waals surface area contributed by atoms with Crippen LogP contribution in [-0.2, 0) is 24.3 Å². The summed E-state index contributed by atoms with van der Waals surface area (Å²) in [4.78, 5) is 26.2. The highest BCUT2D eigenvalue weighted by Crippen LogP contribution is 2.21. The van der Waals surface area contributed by atoms with E-state index in [9.17, 15) is 9.59 Å². The van der Waals surface area contributed by atoms with Crippen molar-refractivity contribution in [2.75, 3.05) is 17.7 Å². The summed E-state index contributed by atoms with van der Waals surface area (Å²) >= 11 is 0. The molecule has 0 aliphatic heterocycles. The lowest BCUT2D eigenvalue weighted by Gasteiger charge is -2.15. The summed E-state index contributed by atoms with van der Waals surface area (Å²) in [7, 11) is 1.58. The van der Waals surface area contributed by atoms with E-state index in [1.165, 1.54) is 10.1 Å². The molecule has 0 radical (unpaired) electrons. The third kappa shape index (κ3) is 5.23. The van der Waals surface area contributed by atoms with Crippen molar-refractivity contribution in [2.45, 2.75) is 26.4 Å². The number of benzene rings is 3. The number of pyridine rings is 1. The van der Waals surface area contributed by atoms with Gasteiger partial charge in [0.05, 0.1) is 12.6 Å². The number of anilines is 2. The highest BCUT2D eigenvalue weighted by molar-refractivity contribution is 5.92. The Kier molecular flexibility index (Phi) is 6.74. The molecule has 4 aromatic rings. The molecule has 0 aliphatic rings. The summed E-state index contributed by atoms with van der Waals surface area (Å²) in [6.07, 6.45) is 0.976. The van der Waals surface area contributed by atoms with E-state index in [1.807, 2.05) is 60.7 Å². The first-order valence-electron chi connectivity index (χ1n) is 11.0. The number of nitrogens with zero attached hydrogens (tertiary/aromatic N) is 1. The van der Waals surface area contributed by atoms with Gasteiger partial charge in [-0.2, -0.15) is 0 Å². The molecule has 0 fully saturated rings. The van der Waals surface area contributed by atoms with Crippen molar-refractivity contribution in [3.63, 3.8) is 0 Å². The number of carbonyl (C=O) groups is 1. The number of aromatic nitrogens is 1. The minimum Gasteiger partial charge on any atom is -0.497 e. The molecule has 0 unspecified atom stereocenters. The fraction of sp³-hybridized carbons (Fsp3) is 0.185. The molecule has 33 heavy (non-hydrogen) atoms. The number of carbonyl (C=O) groups excluding carboxylic acids is 1. The lowest BCUT2D eigenvalue weighted by molar-refractivity contribution is -0.116. The normalized spacial score (nSPS) is 10.7. The van der Waals surface area contributed by atoms with Crippen LogP contribution in [0, 0.1) is 0 Å². The van der Waals surface area contributed by atoms with Crippen LogP contribution < -0.4 is 20.9 Å². The number of para-hydroxylation sites is 1. The van der Waals surface area contributed by atoms with Gasteiger partial charge >= 0.3 is 0 Å². The molecular formula is C27H27N3O3. The van der Waals surface area contributed by atoms with Crippen molar-refractivity contribution in [3.05, 3.63) is 100 Å². The molecule has 0 aliphatic carbocycles. The van der Waals surface area contributed by atoms with Gasteiger partial charge in [0.15, 0.2) is 0 Å². The van der Waals surface area contributed by atoms with Gasteiger partial charge < -0.3 is 15.4 Å². The standard InChI is InChI=1S/C27H27N3O3/c1-3-19-9-12-22(13-10-19)28-17-21-15-20-11-14-24(33-2)16-25(20)30(27(21)32)18-26(31)29-23-7-5-4-6-8-23/h4-16,28H,3,17-18H2,1-2H3,(H,29,31). The van der Waals surface area contributed by atoms with Gasteiger partial charge in [-0.05, 0) is 59.8 Å². The average Bonchev–Trinajstić information content (AvgIpc) is 2.85. The topological polar surface area (TPSA) is 72.4 Å². The van der Waals surface area contributed by atoms with E-state index in [4.69, 9.17) is 4.74 Å². The maximum absolute atomic E-state index is 13.4. The number of hydrogen-bond donors (Lipinski definition) is 2. The Bertz CT molecular complexity index is 1310. The number of fused-ring (bicyclic) bond motifs is 1. The summed E-state index contributed by atoms with van der Waals surface area (Å²) < 4.78 is 6.85. The first-order valence-corrected chi connectivity index (χ1v) is 11.0. The van der Waals surface area contributed by atoms with Gasteiger partial charge in [0.2, 0.25) is 5.91 Å². The Morgan fingerprint density at radius 2 is 1.70 bits per heavy atom. The third-order valence-electron chi connectivity index (χ3n) is 5.58. The third-order valence-corrected chi connectivity index (χ3v) is 5.58. The quantitative estimate of drug-likeness (QED) is 0.411. The summed E-state index contributed by atoms with van der Waals surface area (Å²) in [6, 6.07) is 24.8. The van der Waals surface area contributed by atoms with Crippen molar-refractivity contribution in [3.8, 4) is 5.75 Å². The molecule has 1 amide bonds. The molecule has 1 aromatic heterocycles. The number of rotatable bonds is 8. The van der Waals surface area contributed by atoms with Gasteiger partial charge in [0.1, 0.15) is 12.3 Å². The van der Waals surface area contributed by atoms with Crippen LogP contribution in [0.1, 0.15) is 18.1 Å². The van der Waals surface area contributed by atoms with Crippen LogP contribution in [0.25, 0.3) is 10.9 Å². The van der Waals surface area contributed by atoms with E-state index in [2.05, 4.69) is 29.7 Å². The Labute approximate surface area is 192 Å². The van der Waals surface area contributed by atoms with Crippen LogP contribution in [0.5, 0.6) is 5.75 Å². The van der Waals surface area contributed by atoms with E-state index >= 15 is 0 Å². The first kappa shape index (κ1) is 22.1. The Balaban J connectivity index is 1.65. The highest BCUT2D eigenvalue weighted by atomic mass is 16.5. The fourth-order valence-electron chi connectivity index (χ4n) is 3.74. The zero-order valence-corrected chi connectivity index (χ0v) is 18.8. The lowest BCUT2D eigenvalue weighted by Crippen LogP contribution is -2.30. The first-order chi connectivity index (χ1) is 16.1. The lowest BCUT2D eigenvalue weighted by atomic mass is 10.1. The average molecular weight is 442 g/mol. The van der Waals surface area contributed by atoms with Gasteiger partial charge in [-0.25, -0.2) is 0 Å². The monoisotopic (exact) mass is 441 g/mol. The van der Waals surface area contributed by atoms with Crippen LogP contribution in [0.3, 0.4) is 0 Å². The predicted molar refractivity (Wildman–Crippen MR) is 133 cm³/mol. The number of nitrogens with one attached hydrogen (secondary N) is 2. The molecule has 4 rings (SSSR count). The molecule has 6 nitrogen and oxygen atoms in total. The Morgan fingerprint density at radius 3 is 2.39 bits per heavy atom. The predicted octanol–water partition coefficient (Wildman–Crippen LogP) is 4.82. The molecule has 1 heterocycles. The number of methoxy groups -OCH3 is 1. The molecule has 0 atom stereocenters. The molecule has 3 aromatic carbocycles. The second-order valence-corrected chi connectivity index (χ2v) is 7.80. The van der Waals surface area contributed by atoms with Gasteiger partial charge in [0.25, 0.3) is 5.56 Å². The molecule has 6 heteroatoms. The van der Waals surface area contributed by atoms with E-state index in [1.54, 1.807) is 13.2 Å². The molecule has 0 saturated heterocycles. The molecule has 0 saturated carbocycles. The van der Waals surface area contributed by atoms with Crippen LogP contribution in [0.4, 0.5) is 11.4 Å². The largest absolute Gasteiger partial charge is 0.497 e. The summed E-state index contributed by atoms with van der Waals surface area (Å²) in [6.45, 7) is 2.37. The zero-order chi connectivity index (χ0) is 23.2. The number of aryl methyl sites for hydroxylation is 1. The van der Waals surface area contributed by atoms with Crippen LogP contribution >= 0.6 is 0 Å². The fourth-order valence-corrected chi connectivity index (χ4v) is 3.74. The van der Waals surface area contributed by atoms with E-state index < -0.39 is 0 Å².